The standard InChI is InChI=1S/C55H103NO5/c1-3-5-7-9-11-13-15-17-19-20-21-22-24-26-28-33-37-41-45-49-55(60)61-50-46-42-38-34-30-29-32-36-40-44-48-54(59)56-52(51-57)53(58)47-43-39-35-31-27-25-23-18-16-14-12-10-8-6-4-2/h11,13,17,19,30,34,52-53,57-58H,3-10,12,14-16,18,20-29,31-33,35-51H2,1-2H3,(H,56,59)/b13-11-,19-17-,34-30-. The number of rotatable bonds is 49. The molecule has 0 saturated carbocycles. The minimum atomic E-state index is -0.686. The smallest absolute Gasteiger partial charge is 0.305 e. The van der Waals surface area contributed by atoms with Crippen molar-refractivity contribution in [1.29, 1.82) is 0 Å². The molecule has 0 aromatic carbocycles. The highest BCUT2D eigenvalue weighted by Gasteiger charge is 2.20. The maximum Gasteiger partial charge on any atom is 0.305 e. The van der Waals surface area contributed by atoms with Crippen LogP contribution in [0.25, 0.3) is 0 Å². The first-order valence-electron chi connectivity index (χ1n) is 26.7. The average molecular weight is 858 g/mol. The Kier molecular flexibility index (Phi) is 49.1. The first kappa shape index (κ1) is 59.1. The summed E-state index contributed by atoms with van der Waals surface area (Å²) < 4.78 is 5.44. The summed E-state index contributed by atoms with van der Waals surface area (Å²) in [5.74, 6) is -0.111. The number of nitrogens with one attached hydrogen (secondary N) is 1. The van der Waals surface area contributed by atoms with Gasteiger partial charge in [0.15, 0.2) is 0 Å². The van der Waals surface area contributed by atoms with E-state index in [1.165, 1.54) is 161 Å². The molecule has 0 heterocycles. The van der Waals surface area contributed by atoms with Crippen molar-refractivity contribution in [3.8, 4) is 0 Å². The molecular weight excluding hydrogens is 755 g/mol. The Balaban J connectivity index is 3.52. The van der Waals surface area contributed by atoms with Crippen LogP contribution in [0.4, 0.5) is 0 Å². The highest BCUT2D eigenvalue weighted by Crippen LogP contribution is 2.16. The number of aliphatic hydroxyl groups is 2. The summed E-state index contributed by atoms with van der Waals surface area (Å²) in [5, 5.41) is 23.2. The van der Waals surface area contributed by atoms with Crippen LogP contribution in [-0.2, 0) is 14.3 Å². The Labute approximate surface area is 379 Å². The zero-order chi connectivity index (χ0) is 44.4. The van der Waals surface area contributed by atoms with E-state index in [2.05, 4.69) is 55.6 Å². The van der Waals surface area contributed by atoms with Gasteiger partial charge in [0.05, 0.1) is 25.4 Å². The number of hydrogen-bond donors (Lipinski definition) is 3. The van der Waals surface area contributed by atoms with Gasteiger partial charge in [-0.15, -0.1) is 0 Å². The Morgan fingerprint density at radius 1 is 0.459 bits per heavy atom. The van der Waals surface area contributed by atoms with Gasteiger partial charge >= 0.3 is 5.97 Å². The second kappa shape index (κ2) is 50.7. The Morgan fingerprint density at radius 2 is 0.820 bits per heavy atom. The summed E-state index contributed by atoms with van der Waals surface area (Å²) in [5.41, 5.74) is 0. The fraction of sp³-hybridized carbons (Fsp3) is 0.855. The third kappa shape index (κ3) is 47.4. The Morgan fingerprint density at radius 3 is 1.30 bits per heavy atom. The second-order valence-corrected chi connectivity index (χ2v) is 18.2. The van der Waals surface area contributed by atoms with Crippen molar-refractivity contribution in [3.63, 3.8) is 0 Å². The molecule has 0 fully saturated rings. The van der Waals surface area contributed by atoms with Gasteiger partial charge in [-0.05, 0) is 83.5 Å². The summed E-state index contributed by atoms with van der Waals surface area (Å²) in [6.07, 6.45) is 61.2. The van der Waals surface area contributed by atoms with E-state index < -0.39 is 12.1 Å². The molecule has 0 aromatic rings. The fourth-order valence-corrected chi connectivity index (χ4v) is 8.02. The second-order valence-electron chi connectivity index (χ2n) is 18.2. The zero-order valence-corrected chi connectivity index (χ0v) is 40.6. The summed E-state index contributed by atoms with van der Waals surface area (Å²) in [6.45, 7) is 4.84. The minimum Gasteiger partial charge on any atom is -0.466 e. The van der Waals surface area contributed by atoms with E-state index in [9.17, 15) is 19.8 Å². The number of carbonyl (C=O) groups excluding carboxylic acids is 2. The van der Waals surface area contributed by atoms with Crippen molar-refractivity contribution in [1.82, 2.24) is 5.32 Å². The van der Waals surface area contributed by atoms with Crippen LogP contribution < -0.4 is 5.32 Å². The van der Waals surface area contributed by atoms with E-state index in [1.807, 2.05) is 0 Å². The number of amides is 1. The molecule has 0 spiro atoms. The number of aliphatic hydroxyl groups excluding tert-OH is 2. The Bertz CT molecular complexity index is 993. The molecule has 3 N–H and O–H groups in total. The van der Waals surface area contributed by atoms with Gasteiger partial charge < -0.3 is 20.3 Å². The summed E-state index contributed by atoms with van der Waals surface area (Å²) in [6, 6.07) is -0.567. The number of unbranched alkanes of at least 4 members (excludes halogenated alkanes) is 32. The van der Waals surface area contributed by atoms with Crippen molar-refractivity contribution in [2.24, 2.45) is 0 Å². The van der Waals surface area contributed by atoms with Gasteiger partial charge in [-0.3, -0.25) is 9.59 Å². The molecule has 0 bridgehead atoms. The van der Waals surface area contributed by atoms with Crippen molar-refractivity contribution < 1.29 is 24.5 Å². The Hall–Kier alpha value is -1.92. The number of allylic oxidation sites excluding steroid dienone is 6. The molecule has 0 aliphatic rings. The van der Waals surface area contributed by atoms with Gasteiger partial charge in [0.25, 0.3) is 0 Å². The molecular formula is C55H103NO5. The van der Waals surface area contributed by atoms with Crippen LogP contribution in [0.1, 0.15) is 277 Å². The molecule has 0 rings (SSSR count). The highest BCUT2D eigenvalue weighted by molar-refractivity contribution is 5.76. The molecule has 0 saturated heterocycles. The van der Waals surface area contributed by atoms with E-state index in [0.717, 1.165) is 83.5 Å². The van der Waals surface area contributed by atoms with Crippen LogP contribution in [-0.4, -0.2) is 47.4 Å². The SMILES string of the molecule is CCCCC/C=C\C/C=C\CCCCCCCCCCCC(=O)OCCCC/C=C\CCCCCCC(=O)NC(CO)C(O)CCCCCCCCCCCCCCCCC. The van der Waals surface area contributed by atoms with E-state index >= 15 is 0 Å². The molecule has 358 valence electrons. The zero-order valence-electron chi connectivity index (χ0n) is 40.6. The molecule has 1 amide bonds. The minimum absolute atomic E-state index is 0.0403. The lowest BCUT2D eigenvalue weighted by molar-refractivity contribution is -0.143. The molecule has 6 nitrogen and oxygen atoms in total. The molecule has 0 aliphatic carbocycles. The van der Waals surface area contributed by atoms with Crippen molar-refractivity contribution in [2.45, 2.75) is 289 Å². The quantitative estimate of drug-likeness (QED) is 0.0322. The van der Waals surface area contributed by atoms with Crippen LogP contribution in [0, 0.1) is 0 Å². The van der Waals surface area contributed by atoms with Crippen molar-refractivity contribution >= 4 is 11.9 Å². The lowest BCUT2D eigenvalue weighted by Crippen LogP contribution is -2.45. The lowest BCUT2D eigenvalue weighted by Gasteiger charge is -2.22. The van der Waals surface area contributed by atoms with Crippen LogP contribution in [0.2, 0.25) is 0 Å². The predicted octanol–water partition coefficient (Wildman–Crippen LogP) is 16.1. The van der Waals surface area contributed by atoms with Crippen LogP contribution in [0.3, 0.4) is 0 Å². The highest BCUT2D eigenvalue weighted by atomic mass is 16.5. The van der Waals surface area contributed by atoms with Crippen molar-refractivity contribution in [3.05, 3.63) is 36.5 Å². The summed E-state index contributed by atoms with van der Waals surface area (Å²) in [7, 11) is 0. The number of ether oxygens (including phenoxy) is 1. The molecule has 2 unspecified atom stereocenters. The molecule has 61 heavy (non-hydrogen) atoms. The average Bonchev–Trinajstić information content (AvgIpc) is 3.26. The number of carbonyl (C=O) groups is 2. The molecule has 0 aliphatic heterocycles. The predicted molar refractivity (Wildman–Crippen MR) is 264 cm³/mol. The summed E-state index contributed by atoms with van der Waals surface area (Å²) in [4.78, 5) is 24.5. The van der Waals surface area contributed by atoms with Gasteiger partial charge in [-0.2, -0.15) is 0 Å². The first-order chi connectivity index (χ1) is 30.0. The number of esters is 1. The lowest BCUT2D eigenvalue weighted by atomic mass is 10.0. The first-order valence-corrected chi connectivity index (χ1v) is 26.7. The van der Waals surface area contributed by atoms with E-state index in [4.69, 9.17) is 4.74 Å². The maximum absolute atomic E-state index is 12.4. The van der Waals surface area contributed by atoms with Gasteiger partial charge in [0.1, 0.15) is 0 Å². The van der Waals surface area contributed by atoms with Gasteiger partial charge in [-0.25, -0.2) is 0 Å². The van der Waals surface area contributed by atoms with Gasteiger partial charge in [0.2, 0.25) is 5.91 Å². The van der Waals surface area contributed by atoms with Crippen LogP contribution >= 0.6 is 0 Å². The molecule has 0 aromatic heterocycles. The normalized spacial score (nSPS) is 12.9. The third-order valence-electron chi connectivity index (χ3n) is 12.2. The molecule has 0 radical (unpaired) electrons. The molecule has 2 atom stereocenters. The van der Waals surface area contributed by atoms with E-state index in [-0.39, 0.29) is 18.5 Å². The van der Waals surface area contributed by atoms with E-state index in [0.29, 0.717) is 25.9 Å². The third-order valence-corrected chi connectivity index (χ3v) is 12.2. The molecule has 6 heteroatoms. The van der Waals surface area contributed by atoms with Crippen LogP contribution in [0.5, 0.6) is 0 Å². The largest absolute Gasteiger partial charge is 0.466 e. The summed E-state index contributed by atoms with van der Waals surface area (Å²) >= 11 is 0. The monoisotopic (exact) mass is 858 g/mol. The number of hydrogen-bond acceptors (Lipinski definition) is 5. The topological polar surface area (TPSA) is 95.9 Å². The van der Waals surface area contributed by atoms with E-state index in [1.54, 1.807) is 0 Å². The van der Waals surface area contributed by atoms with Crippen LogP contribution in [0.15, 0.2) is 36.5 Å². The van der Waals surface area contributed by atoms with Gasteiger partial charge in [0, 0.05) is 12.8 Å². The maximum atomic E-state index is 12.4. The van der Waals surface area contributed by atoms with Gasteiger partial charge in [-0.1, -0.05) is 217 Å². The fourth-order valence-electron chi connectivity index (χ4n) is 8.02. The van der Waals surface area contributed by atoms with Crippen molar-refractivity contribution in [2.75, 3.05) is 13.2 Å².